The average Bonchev–Trinajstić information content (AvgIpc) is 2.49. The Labute approximate surface area is 115 Å². The molecule has 1 atom stereocenters. The van der Waals surface area contributed by atoms with Crippen LogP contribution in [0.1, 0.15) is 6.42 Å². The van der Waals surface area contributed by atoms with Crippen molar-refractivity contribution >= 4 is 12.0 Å². The van der Waals surface area contributed by atoms with Gasteiger partial charge in [0.25, 0.3) is 0 Å². The molecule has 1 aromatic rings. The van der Waals surface area contributed by atoms with E-state index < -0.39 is 0 Å². The van der Waals surface area contributed by atoms with Gasteiger partial charge < -0.3 is 15.0 Å². The lowest BCUT2D eigenvalue weighted by molar-refractivity contribution is -0.112. The number of anilines is 1. The van der Waals surface area contributed by atoms with Crippen LogP contribution in [0, 0.1) is 0 Å². The van der Waals surface area contributed by atoms with Gasteiger partial charge in [0.1, 0.15) is 6.29 Å². The topological polar surface area (TPSA) is 35.6 Å². The third-order valence-electron chi connectivity index (χ3n) is 3.73. The number of aldehydes is 1. The smallest absolute Gasteiger partial charge is 0.137 e. The maximum atomic E-state index is 11.3. The molecule has 0 unspecified atom stereocenters. The Kier molecular flexibility index (Phi) is 5.36. The zero-order valence-corrected chi connectivity index (χ0v) is 11.6. The zero-order valence-electron chi connectivity index (χ0n) is 11.6. The molecule has 1 saturated heterocycles. The number of para-hydroxylation sites is 1. The van der Waals surface area contributed by atoms with E-state index in [1.165, 1.54) is 5.69 Å². The van der Waals surface area contributed by atoms with E-state index in [2.05, 4.69) is 34.3 Å². The largest absolute Gasteiger partial charge is 0.375 e. The highest BCUT2D eigenvalue weighted by molar-refractivity contribution is 5.58. The second-order valence-corrected chi connectivity index (χ2v) is 5.04. The van der Waals surface area contributed by atoms with Crippen LogP contribution in [0.25, 0.3) is 0 Å². The number of hydrogen-bond acceptors (Lipinski definition) is 4. The van der Waals surface area contributed by atoms with Gasteiger partial charge in [-0.15, -0.1) is 0 Å². The van der Waals surface area contributed by atoms with Crippen LogP contribution in [0.5, 0.6) is 0 Å². The van der Waals surface area contributed by atoms with Crippen molar-refractivity contribution in [1.29, 1.82) is 0 Å². The summed E-state index contributed by atoms with van der Waals surface area (Å²) in [6.45, 7) is 4.81. The quantitative estimate of drug-likeness (QED) is 0.775. The fourth-order valence-corrected chi connectivity index (χ4v) is 2.49. The van der Waals surface area contributed by atoms with E-state index in [4.69, 9.17) is 0 Å². The molecule has 0 amide bonds. The second kappa shape index (κ2) is 7.26. The summed E-state index contributed by atoms with van der Waals surface area (Å²) in [4.78, 5) is 15.8. The van der Waals surface area contributed by atoms with Crippen LogP contribution in [0.3, 0.4) is 0 Å². The first kappa shape index (κ1) is 14.0. The fraction of sp³-hybridized carbons (Fsp3) is 0.533. The lowest BCUT2D eigenvalue weighted by atomic mass is 10.1. The summed E-state index contributed by atoms with van der Waals surface area (Å²) in [5.41, 5.74) is 1.20. The Balaban J connectivity index is 1.84. The summed E-state index contributed by atoms with van der Waals surface area (Å²) in [6, 6.07) is 10.3. The van der Waals surface area contributed by atoms with Gasteiger partial charge in [0.2, 0.25) is 0 Å². The molecule has 19 heavy (non-hydrogen) atoms. The third kappa shape index (κ3) is 4.04. The van der Waals surface area contributed by atoms with E-state index in [1.54, 1.807) is 0 Å². The Morgan fingerprint density at radius 3 is 2.63 bits per heavy atom. The van der Waals surface area contributed by atoms with Crippen molar-refractivity contribution in [3.63, 3.8) is 0 Å². The predicted molar refractivity (Wildman–Crippen MR) is 78.6 cm³/mol. The Hall–Kier alpha value is -1.39. The minimum atomic E-state index is 0.0493. The average molecular weight is 261 g/mol. The van der Waals surface area contributed by atoms with Gasteiger partial charge in [0.15, 0.2) is 0 Å². The van der Waals surface area contributed by atoms with E-state index in [0.29, 0.717) is 0 Å². The molecule has 1 heterocycles. The number of nitrogens with one attached hydrogen (secondary N) is 1. The van der Waals surface area contributed by atoms with E-state index in [9.17, 15) is 4.79 Å². The number of piperazine rings is 1. The van der Waals surface area contributed by atoms with Crippen molar-refractivity contribution in [3.8, 4) is 0 Å². The molecule has 1 fully saturated rings. The lowest BCUT2D eigenvalue weighted by Gasteiger charge is -2.33. The molecular weight excluding hydrogens is 238 g/mol. The second-order valence-electron chi connectivity index (χ2n) is 5.04. The number of benzene rings is 1. The molecule has 1 N–H and O–H groups in total. The minimum Gasteiger partial charge on any atom is -0.375 e. The zero-order chi connectivity index (χ0) is 13.5. The first-order valence-electron chi connectivity index (χ1n) is 6.97. The van der Waals surface area contributed by atoms with E-state index in [-0.39, 0.29) is 6.04 Å². The molecule has 1 aromatic carbocycles. The molecule has 0 aliphatic carbocycles. The molecule has 0 bridgehead atoms. The van der Waals surface area contributed by atoms with Crippen molar-refractivity contribution in [1.82, 2.24) is 10.2 Å². The van der Waals surface area contributed by atoms with Gasteiger partial charge in [-0.3, -0.25) is 4.90 Å². The van der Waals surface area contributed by atoms with Gasteiger partial charge in [-0.2, -0.15) is 0 Å². The molecule has 1 aliphatic rings. The van der Waals surface area contributed by atoms with Gasteiger partial charge >= 0.3 is 0 Å². The van der Waals surface area contributed by atoms with Gasteiger partial charge in [0, 0.05) is 45.5 Å². The molecule has 1 aliphatic heterocycles. The summed E-state index contributed by atoms with van der Waals surface area (Å²) >= 11 is 0. The number of hydrogen-bond donors (Lipinski definition) is 1. The monoisotopic (exact) mass is 261 g/mol. The predicted octanol–water partition coefficient (Wildman–Crippen LogP) is 0.986. The first-order chi connectivity index (χ1) is 9.31. The maximum Gasteiger partial charge on any atom is 0.137 e. The number of rotatable bonds is 6. The summed E-state index contributed by atoms with van der Waals surface area (Å²) in [5.74, 6) is 0. The molecule has 4 heteroatoms. The molecule has 4 nitrogen and oxygen atoms in total. The highest BCUT2D eigenvalue weighted by atomic mass is 16.1. The Morgan fingerprint density at radius 2 is 2.00 bits per heavy atom. The third-order valence-corrected chi connectivity index (χ3v) is 3.73. The summed E-state index contributed by atoms with van der Waals surface area (Å²) in [5, 5.41) is 3.32. The van der Waals surface area contributed by atoms with Crippen molar-refractivity contribution in [2.24, 2.45) is 0 Å². The molecule has 2 rings (SSSR count). The summed E-state index contributed by atoms with van der Waals surface area (Å²) in [7, 11) is 2.08. The normalized spacial score (nSPS) is 17.9. The van der Waals surface area contributed by atoms with Crippen LogP contribution in [0.4, 0.5) is 5.69 Å². The SMILES string of the molecule is CN(CC[C@@H](C=O)N1CCNCC1)c1ccccc1. The van der Waals surface area contributed by atoms with Crippen molar-refractivity contribution in [2.45, 2.75) is 12.5 Å². The molecular formula is C15H23N3O. The number of nitrogens with zero attached hydrogens (tertiary/aromatic N) is 2. The Morgan fingerprint density at radius 1 is 1.32 bits per heavy atom. The minimum absolute atomic E-state index is 0.0493. The van der Waals surface area contributed by atoms with Gasteiger partial charge in [0.05, 0.1) is 6.04 Å². The number of carbonyl (C=O) groups excluding carboxylic acids is 1. The van der Waals surface area contributed by atoms with Gasteiger partial charge in [-0.1, -0.05) is 18.2 Å². The highest BCUT2D eigenvalue weighted by Gasteiger charge is 2.19. The fourth-order valence-electron chi connectivity index (χ4n) is 2.49. The lowest BCUT2D eigenvalue weighted by Crippen LogP contribution is -2.49. The number of carbonyl (C=O) groups is 1. The first-order valence-corrected chi connectivity index (χ1v) is 6.97. The highest BCUT2D eigenvalue weighted by Crippen LogP contribution is 2.13. The van der Waals surface area contributed by atoms with Crippen LogP contribution in [0.15, 0.2) is 30.3 Å². The van der Waals surface area contributed by atoms with E-state index in [0.717, 1.165) is 45.4 Å². The van der Waals surface area contributed by atoms with Crippen molar-refractivity contribution < 1.29 is 4.79 Å². The van der Waals surface area contributed by atoms with Crippen LogP contribution in [-0.2, 0) is 4.79 Å². The maximum absolute atomic E-state index is 11.3. The van der Waals surface area contributed by atoms with Crippen molar-refractivity contribution in [3.05, 3.63) is 30.3 Å². The van der Waals surface area contributed by atoms with Crippen LogP contribution >= 0.6 is 0 Å². The summed E-state index contributed by atoms with van der Waals surface area (Å²) in [6.07, 6.45) is 1.99. The van der Waals surface area contributed by atoms with Gasteiger partial charge in [-0.25, -0.2) is 0 Å². The van der Waals surface area contributed by atoms with Crippen molar-refractivity contribution in [2.75, 3.05) is 44.7 Å². The molecule has 0 aromatic heterocycles. The molecule has 0 radical (unpaired) electrons. The standard InChI is InChI=1S/C15H23N3O/c1-17(14-5-3-2-4-6-14)10-7-15(13-19)18-11-8-16-9-12-18/h2-6,13,15-16H,7-12H2,1H3/t15-/m0/s1. The van der Waals surface area contributed by atoms with E-state index >= 15 is 0 Å². The molecule has 0 saturated carbocycles. The summed E-state index contributed by atoms with van der Waals surface area (Å²) < 4.78 is 0. The van der Waals surface area contributed by atoms with Crippen LogP contribution < -0.4 is 10.2 Å². The van der Waals surface area contributed by atoms with Crippen LogP contribution in [0.2, 0.25) is 0 Å². The molecule has 104 valence electrons. The van der Waals surface area contributed by atoms with E-state index in [1.807, 2.05) is 18.2 Å². The van der Waals surface area contributed by atoms with Crippen LogP contribution in [-0.4, -0.2) is 57.0 Å². The van der Waals surface area contributed by atoms with Gasteiger partial charge in [-0.05, 0) is 18.6 Å². The molecule has 0 spiro atoms. The Bertz CT molecular complexity index is 376.